The summed E-state index contributed by atoms with van der Waals surface area (Å²) < 4.78 is 11.6. The van der Waals surface area contributed by atoms with E-state index in [1.54, 1.807) is 0 Å². The van der Waals surface area contributed by atoms with Gasteiger partial charge in [-0.2, -0.15) is 0 Å². The van der Waals surface area contributed by atoms with Crippen molar-refractivity contribution in [3.8, 4) is 5.75 Å². The Morgan fingerprint density at radius 2 is 1.76 bits per heavy atom. The van der Waals surface area contributed by atoms with Gasteiger partial charge >= 0.3 is 6.09 Å². The number of amides is 1. The van der Waals surface area contributed by atoms with Gasteiger partial charge in [0.25, 0.3) is 0 Å². The smallest absolute Gasteiger partial charge is 0.410 e. The SMILES string of the molecule is CC(C)=CCN(c1cccc(OCc2ccccc2)c1)C1CCN(C(=O)OC(C)(C)C)CC1. The minimum atomic E-state index is -0.469. The number of ether oxygens (including phenoxy) is 2. The van der Waals surface area contributed by atoms with Crippen molar-refractivity contribution in [1.82, 2.24) is 4.90 Å². The van der Waals surface area contributed by atoms with Crippen LogP contribution in [-0.4, -0.2) is 42.3 Å². The van der Waals surface area contributed by atoms with Crippen LogP contribution in [0.3, 0.4) is 0 Å². The molecule has 1 aliphatic heterocycles. The van der Waals surface area contributed by atoms with E-state index in [0.29, 0.717) is 25.7 Å². The second-order valence-electron chi connectivity index (χ2n) is 9.90. The molecule has 2 aromatic rings. The Kier molecular flexibility index (Phi) is 8.43. The Labute approximate surface area is 199 Å². The minimum absolute atomic E-state index is 0.215. The average molecular weight is 451 g/mol. The number of nitrogens with zero attached hydrogens (tertiary/aromatic N) is 2. The third-order valence-corrected chi connectivity index (χ3v) is 5.65. The number of hydrogen-bond acceptors (Lipinski definition) is 4. The van der Waals surface area contributed by atoms with E-state index in [0.717, 1.165) is 36.4 Å². The molecule has 2 aromatic carbocycles. The summed E-state index contributed by atoms with van der Waals surface area (Å²) in [5.41, 5.74) is 3.12. The second kappa shape index (κ2) is 11.3. The number of likely N-dealkylation sites (tertiary alicyclic amines) is 1. The van der Waals surface area contributed by atoms with Crippen LogP contribution in [0.2, 0.25) is 0 Å². The number of rotatable bonds is 7. The molecule has 5 nitrogen and oxygen atoms in total. The van der Waals surface area contributed by atoms with Crippen molar-refractivity contribution in [2.75, 3.05) is 24.5 Å². The van der Waals surface area contributed by atoms with Gasteiger partial charge in [0.05, 0.1) is 0 Å². The summed E-state index contributed by atoms with van der Waals surface area (Å²) in [5, 5.41) is 0. The summed E-state index contributed by atoms with van der Waals surface area (Å²) in [4.78, 5) is 16.7. The van der Waals surface area contributed by atoms with Gasteiger partial charge in [0.2, 0.25) is 0 Å². The fraction of sp³-hybridized carbons (Fsp3) is 0.464. The molecule has 0 unspecified atom stereocenters. The zero-order valence-corrected chi connectivity index (χ0v) is 20.7. The van der Waals surface area contributed by atoms with Crippen molar-refractivity contribution in [2.45, 2.75) is 65.7 Å². The molecule has 1 amide bonds. The van der Waals surface area contributed by atoms with E-state index < -0.39 is 5.60 Å². The third-order valence-electron chi connectivity index (χ3n) is 5.65. The molecule has 0 aliphatic carbocycles. The van der Waals surface area contributed by atoms with Gasteiger partial charge in [-0.15, -0.1) is 0 Å². The molecular formula is C28H38N2O3. The monoisotopic (exact) mass is 450 g/mol. The second-order valence-corrected chi connectivity index (χ2v) is 9.90. The van der Waals surface area contributed by atoms with Crippen LogP contribution in [0, 0.1) is 0 Å². The number of allylic oxidation sites excluding steroid dienone is 1. The highest BCUT2D eigenvalue weighted by Gasteiger charge is 2.29. The first-order valence-electron chi connectivity index (χ1n) is 11.9. The number of carbonyl (C=O) groups excluding carboxylic acids is 1. The van der Waals surface area contributed by atoms with Gasteiger partial charge in [-0.3, -0.25) is 0 Å². The van der Waals surface area contributed by atoms with Gasteiger partial charge in [0.1, 0.15) is 18.0 Å². The summed E-state index contributed by atoms with van der Waals surface area (Å²) in [5.74, 6) is 0.866. The topological polar surface area (TPSA) is 42.0 Å². The normalized spacial score (nSPS) is 14.5. The molecule has 0 spiro atoms. The summed E-state index contributed by atoms with van der Waals surface area (Å²) >= 11 is 0. The molecule has 33 heavy (non-hydrogen) atoms. The molecule has 0 saturated carbocycles. The van der Waals surface area contributed by atoms with E-state index >= 15 is 0 Å². The van der Waals surface area contributed by atoms with Gasteiger partial charge in [-0.05, 0) is 65.2 Å². The summed E-state index contributed by atoms with van der Waals surface area (Å²) in [6, 6.07) is 18.9. The van der Waals surface area contributed by atoms with Crippen molar-refractivity contribution in [3.63, 3.8) is 0 Å². The number of anilines is 1. The van der Waals surface area contributed by atoms with Crippen LogP contribution in [0.5, 0.6) is 5.75 Å². The van der Waals surface area contributed by atoms with E-state index in [1.807, 2.05) is 49.9 Å². The van der Waals surface area contributed by atoms with Gasteiger partial charge in [0.15, 0.2) is 0 Å². The zero-order chi connectivity index (χ0) is 23.8. The molecule has 5 heteroatoms. The molecule has 1 saturated heterocycles. The maximum Gasteiger partial charge on any atom is 0.410 e. The van der Waals surface area contributed by atoms with Crippen LogP contribution >= 0.6 is 0 Å². The highest BCUT2D eigenvalue weighted by molar-refractivity contribution is 5.68. The minimum Gasteiger partial charge on any atom is -0.489 e. The first kappa shape index (κ1) is 24.7. The lowest BCUT2D eigenvalue weighted by Crippen LogP contribution is -2.48. The molecule has 3 rings (SSSR count). The number of hydrogen-bond donors (Lipinski definition) is 0. The lowest BCUT2D eigenvalue weighted by molar-refractivity contribution is 0.0205. The number of carbonyl (C=O) groups is 1. The van der Waals surface area contributed by atoms with Crippen LogP contribution in [-0.2, 0) is 11.3 Å². The van der Waals surface area contributed by atoms with Gasteiger partial charge in [-0.25, -0.2) is 4.79 Å². The predicted molar refractivity (Wildman–Crippen MR) is 135 cm³/mol. The molecule has 178 valence electrons. The highest BCUT2D eigenvalue weighted by Crippen LogP contribution is 2.28. The number of piperidine rings is 1. The van der Waals surface area contributed by atoms with E-state index in [4.69, 9.17) is 9.47 Å². The zero-order valence-electron chi connectivity index (χ0n) is 20.7. The Hall–Kier alpha value is -2.95. The summed E-state index contributed by atoms with van der Waals surface area (Å²) in [6.07, 6.45) is 3.86. The fourth-order valence-electron chi connectivity index (χ4n) is 3.93. The van der Waals surface area contributed by atoms with Gasteiger partial charge in [-0.1, -0.05) is 48.0 Å². The maximum absolute atomic E-state index is 12.5. The molecule has 1 aliphatic rings. The van der Waals surface area contributed by atoms with E-state index in [1.165, 1.54) is 5.57 Å². The molecule has 0 N–H and O–H groups in total. The van der Waals surface area contributed by atoms with E-state index in [-0.39, 0.29) is 6.09 Å². The van der Waals surface area contributed by atoms with Gasteiger partial charge < -0.3 is 19.3 Å². The van der Waals surface area contributed by atoms with Crippen LogP contribution in [0.4, 0.5) is 10.5 Å². The Bertz CT molecular complexity index is 922. The lowest BCUT2D eigenvalue weighted by Gasteiger charge is -2.40. The lowest BCUT2D eigenvalue weighted by atomic mass is 10.0. The van der Waals surface area contributed by atoms with Crippen LogP contribution in [0.15, 0.2) is 66.2 Å². The van der Waals surface area contributed by atoms with Crippen LogP contribution in [0.1, 0.15) is 53.0 Å². The summed E-state index contributed by atoms with van der Waals surface area (Å²) in [6.45, 7) is 12.8. The quantitative estimate of drug-likeness (QED) is 0.455. The molecular weight excluding hydrogens is 412 g/mol. The molecule has 0 aromatic heterocycles. The van der Waals surface area contributed by atoms with Crippen molar-refractivity contribution < 1.29 is 14.3 Å². The molecule has 0 radical (unpaired) electrons. The van der Waals surface area contributed by atoms with Crippen molar-refractivity contribution in [1.29, 1.82) is 0 Å². The molecule has 1 heterocycles. The first-order valence-corrected chi connectivity index (χ1v) is 11.9. The standard InChI is InChI=1S/C28H38N2O3/c1-22(2)14-19-30(24-15-17-29(18-16-24)27(31)33-28(3,4)5)25-12-9-13-26(20-25)32-21-23-10-7-6-8-11-23/h6-14,20,24H,15-19,21H2,1-5H3. The van der Waals surface area contributed by atoms with E-state index in [9.17, 15) is 4.79 Å². The van der Waals surface area contributed by atoms with Crippen LogP contribution < -0.4 is 9.64 Å². The first-order chi connectivity index (χ1) is 15.7. The molecule has 0 atom stereocenters. The predicted octanol–water partition coefficient (Wildman–Crippen LogP) is 6.44. The van der Waals surface area contributed by atoms with Crippen LogP contribution in [0.25, 0.3) is 0 Å². The Balaban J connectivity index is 1.69. The maximum atomic E-state index is 12.5. The van der Waals surface area contributed by atoms with Crippen molar-refractivity contribution in [3.05, 3.63) is 71.8 Å². The highest BCUT2D eigenvalue weighted by atomic mass is 16.6. The largest absolute Gasteiger partial charge is 0.489 e. The Morgan fingerprint density at radius 1 is 1.06 bits per heavy atom. The van der Waals surface area contributed by atoms with Crippen molar-refractivity contribution >= 4 is 11.8 Å². The molecule has 1 fully saturated rings. The van der Waals surface area contributed by atoms with Gasteiger partial charge in [0, 0.05) is 37.4 Å². The molecule has 0 bridgehead atoms. The third kappa shape index (κ3) is 7.85. The number of benzene rings is 2. The fourth-order valence-corrected chi connectivity index (χ4v) is 3.93. The van der Waals surface area contributed by atoms with E-state index in [2.05, 4.69) is 55.2 Å². The average Bonchev–Trinajstić information content (AvgIpc) is 2.78. The van der Waals surface area contributed by atoms with Crippen molar-refractivity contribution in [2.24, 2.45) is 0 Å². The Morgan fingerprint density at radius 3 is 2.39 bits per heavy atom. The summed E-state index contributed by atoms with van der Waals surface area (Å²) in [7, 11) is 0.